The molecule has 4 heterocycles. The largest absolute Gasteiger partial charge is 0.444 e. The van der Waals surface area contributed by atoms with Gasteiger partial charge in [-0.2, -0.15) is 10.2 Å². The average molecular weight is 508 g/mol. The predicted octanol–water partition coefficient (Wildman–Crippen LogP) is 4.37. The second-order valence-electron chi connectivity index (χ2n) is 10.1. The molecule has 4 rings (SSSR count). The van der Waals surface area contributed by atoms with E-state index in [1.807, 2.05) is 41.2 Å². The van der Waals surface area contributed by atoms with Gasteiger partial charge in [-0.1, -0.05) is 0 Å². The van der Waals surface area contributed by atoms with Gasteiger partial charge in [0, 0.05) is 37.0 Å². The van der Waals surface area contributed by atoms with Gasteiger partial charge in [-0.15, -0.1) is 0 Å². The van der Waals surface area contributed by atoms with Crippen LogP contribution in [0.3, 0.4) is 0 Å². The number of carbonyl (C=O) groups is 1. The fourth-order valence-corrected chi connectivity index (χ4v) is 5.58. The number of fused-ring (bicyclic) bond motifs is 1. The number of halogens is 1. The van der Waals surface area contributed by atoms with E-state index in [2.05, 4.69) is 41.1 Å². The first-order chi connectivity index (χ1) is 15.1. The van der Waals surface area contributed by atoms with Crippen molar-refractivity contribution in [2.75, 3.05) is 13.2 Å². The Morgan fingerprint density at radius 1 is 1.22 bits per heavy atom. The Labute approximate surface area is 198 Å². The summed E-state index contributed by atoms with van der Waals surface area (Å²) < 4.78 is 16.2. The lowest BCUT2D eigenvalue weighted by Gasteiger charge is -2.42. The van der Waals surface area contributed by atoms with E-state index in [4.69, 9.17) is 14.6 Å². The lowest BCUT2D eigenvalue weighted by atomic mass is 9.87. The van der Waals surface area contributed by atoms with Crippen molar-refractivity contribution in [2.45, 2.75) is 84.5 Å². The number of aromatic nitrogens is 4. The summed E-state index contributed by atoms with van der Waals surface area (Å²) in [6, 6.07) is 0.262. The molecule has 1 saturated heterocycles. The summed E-state index contributed by atoms with van der Waals surface area (Å²) in [5, 5.41) is 9.34. The van der Waals surface area contributed by atoms with Crippen molar-refractivity contribution in [3.8, 4) is 5.69 Å². The first kappa shape index (κ1) is 23.3. The molecule has 2 aromatic rings. The molecule has 2 aliphatic rings. The van der Waals surface area contributed by atoms with Crippen LogP contribution in [0.4, 0.5) is 4.79 Å². The standard InChI is InChI=1S/C23H34BrN5O3/c1-15-10-17(11-16(2)28(15)22(30)32-23(3,4)5)13-27-14-18(12-25-27)29-20-7-9-31-8-6-19(20)21(24)26-29/h12,14-17H,6-11,13H2,1-5H3/t15-,16+,17+. The van der Waals surface area contributed by atoms with Crippen molar-refractivity contribution in [1.29, 1.82) is 0 Å². The highest BCUT2D eigenvalue weighted by atomic mass is 79.9. The molecule has 0 bridgehead atoms. The molecular formula is C23H34BrN5O3. The molecule has 1 amide bonds. The molecule has 0 spiro atoms. The zero-order valence-electron chi connectivity index (χ0n) is 19.7. The van der Waals surface area contributed by atoms with Gasteiger partial charge in [-0.3, -0.25) is 4.68 Å². The summed E-state index contributed by atoms with van der Waals surface area (Å²) in [5.74, 6) is 0.446. The Bertz CT molecular complexity index is 951. The van der Waals surface area contributed by atoms with E-state index in [9.17, 15) is 4.79 Å². The van der Waals surface area contributed by atoms with Crippen LogP contribution in [-0.2, 0) is 28.9 Å². The maximum atomic E-state index is 12.7. The van der Waals surface area contributed by atoms with E-state index in [1.165, 1.54) is 11.3 Å². The third-order valence-electron chi connectivity index (χ3n) is 6.23. The highest BCUT2D eigenvalue weighted by Crippen LogP contribution is 2.31. The Hall–Kier alpha value is -1.87. The molecule has 1 fully saturated rings. The van der Waals surface area contributed by atoms with Gasteiger partial charge in [0.05, 0.1) is 31.3 Å². The van der Waals surface area contributed by atoms with Gasteiger partial charge >= 0.3 is 6.09 Å². The molecule has 0 aliphatic carbocycles. The van der Waals surface area contributed by atoms with Crippen LogP contribution in [0.15, 0.2) is 17.0 Å². The molecule has 9 heteroatoms. The molecule has 8 nitrogen and oxygen atoms in total. The first-order valence-electron chi connectivity index (χ1n) is 11.5. The van der Waals surface area contributed by atoms with Crippen molar-refractivity contribution < 1.29 is 14.3 Å². The highest BCUT2D eigenvalue weighted by Gasteiger charge is 2.36. The van der Waals surface area contributed by atoms with Crippen molar-refractivity contribution in [1.82, 2.24) is 24.5 Å². The van der Waals surface area contributed by atoms with Gasteiger partial charge in [0.15, 0.2) is 0 Å². The molecule has 2 aliphatic heterocycles. The fraction of sp³-hybridized carbons (Fsp3) is 0.696. The van der Waals surface area contributed by atoms with Gasteiger partial charge in [0.1, 0.15) is 15.9 Å². The molecule has 0 aromatic carbocycles. The molecule has 0 saturated carbocycles. The minimum Gasteiger partial charge on any atom is -0.444 e. The second-order valence-corrected chi connectivity index (χ2v) is 10.8. The highest BCUT2D eigenvalue weighted by molar-refractivity contribution is 9.10. The number of hydrogen-bond donors (Lipinski definition) is 0. The van der Waals surface area contributed by atoms with Crippen molar-refractivity contribution in [2.24, 2.45) is 5.92 Å². The van der Waals surface area contributed by atoms with Crippen molar-refractivity contribution in [3.63, 3.8) is 0 Å². The number of rotatable bonds is 3. The predicted molar refractivity (Wildman–Crippen MR) is 125 cm³/mol. The van der Waals surface area contributed by atoms with Crippen LogP contribution < -0.4 is 0 Å². The summed E-state index contributed by atoms with van der Waals surface area (Å²) in [6.07, 6.45) is 7.31. The fourth-order valence-electron chi connectivity index (χ4n) is 4.99. The van der Waals surface area contributed by atoms with E-state index in [1.54, 1.807) is 0 Å². The molecular weight excluding hydrogens is 474 g/mol. The van der Waals surface area contributed by atoms with Crippen LogP contribution in [0.25, 0.3) is 5.69 Å². The number of ether oxygens (including phenoxy) is 2. The summed E-state index contributed by atoms with van der Waals surface area (Å²) in [5.41, 5.74) is 2.92. The minimum absolute atomic E-state index is 0.131. The van der Waals surface area contributed by atoms with Gasteiger partial charge < -0.3 is 14.4 Å². The smallest absolute Gasteiger partial charge is 0.410 e. The average Bonchev–Trinajstić information content (AvgIpc) is 3.15. The van der Waals surface area contributed by atoms with Gasteiger partial charge in [-0.25, -0.2) is 9.48 Å². The van der Waals surface area contributed by atoms with Crippen LogP contribution >= 0.6 is 15.9 Å². The van der Waals surface area contributed by atoms with Crippen molar-refractivity contribution >= 4 is 22.0 Å². The summed E-state index contributed by atoms with van der Waals surface area (Å²) in [7, 11) is 0. The number of piperidine rings is 1. The maximum absolute atomic E-state index is 12.7. The number of amides is 1. The zero-order valence-corrected chi connectivity index (χ0v) is 21.3. The van der Waals surface area contributed by atoms with Crippen LogP contribution in [0.5, 0.6) is 0 Å². The van der Waals surface area contributed by atoms with E-state index in [0.29, 0.717) is 12.5 Å². The summed E-state index contributed by atoms with van der Waals surface area (Å²) >= 11 is 3.61. The van der Waals surface area contributed by atoms with Crippen molar-refractivity contribution in [3.05, 3.63) is 28.3 Å². The van der Waals surface area contributed by atoms with Gasteiger partial charge in [0.2, 0.25) is 0 Å². The Balaban J connectivity index is 1.43. The molecule has 0 radical (unpaired) electrons. The van der Waals surface area contributed by atoms with E-state index in [-0.39, 0.29) is 18.2 Å². The molecule has 0 N–H and O–H groups in total. The third-order valence-corrected chi connectivity index (χ3v) is 6.87. The zero-order chi connectivity index (χ0) is 23.0. The third kappa shape index (κ3) is 5.03. The summed E-state index contributed by atoms with van der Waals surface area (Å²) in [6.45, 7) is 12.2. The molecule has 176 valence electrons. The monoisotopic (exact) mass is 507 g/mol. The molecule has 2 aromatic heterocycles. The number of nitrogens with zero attached hydrogens (tertiary/aromatic N) is 5. The quantitative estimate of drug-likeness (QED) is 0.616. The Morgan fingerprint density at radius 2 is 1.91 bits per heavy atom. The van der Waals surface area contributed by atoms with Crippen LogP contribution in [0.2, 0.25) is 0 Å². The maximum Gasteiger partial charge on any atom is 0.410 e. The Morgan fingerprint density at radius 3 is 2.59 bits per heavy atom. The Kier molecular flexibility index (Phi) is 6.68. The van der Waals surface area contributed by atoms with E-state index >= 15 is 0 Å². The lowest BCUT2D eigenvalue weighted by molar-refractivity contribution is -0.00864. The van der Waals surface area contributed by atoms with Crippen LogP contribution in [0.1, 0.15) is 58.7 Å². The van der Waals surface area contributed by atoms with E-state index < -0.39 is 5.60 Å². The molecule has 0 unspecified atom stereocenters. The van der Waals surface area contributed by atoms with Crippen LogP contribution in [0, 0.1) is 5.92 Å². The molecule has 32 heavy (non-hydrogen) atoms. The summed E-state index contributed by atoms with van der Waals surface area (Å²) in [4.78, 5) is 14.6. The lowest BCUT2D eigenvalue weighted by Crippen LogP contribution is -2.51. The number of carbonyl (C=O) groups excluding carboxylic acids is 1. The SMILES string of the molecule is C[C@@H]1C[C@H](Cn2cc(-n3nc(Br)c4c3CCOCC4)cn2)C[C@H](C)N1C(=O)OC(C)(C)C. The number of likely N-dealkylation sites (tertiary alicyclic amines) is 1. The van der Waals surface area contributed by atoms with E-state index in [0.717, 1.165) is 49.1 Å². The van der Waals surface area contributed by atoms with Crippen LogP contribution in [-0.4, -0.2) is 61.5 Å². The number of hydrogen-bond acceptors (Lipinski definition) is 5. The first-order valence-corrected chi connectivity index (χ1v) is 12.3. The second kappa shape index (κ2) is 9.17. The minimum atomic E-state index is -0.481. The topological polar surface area (TPSA) is 74.4 Å². The van der Waals surface area contributed by atoms with Gasteiger partial charge in [-0.05, 0) is 69.3 Å². The van der Waals surface area contributed by atoms with Gasteiger partial charge in [0.25, 0.3) is 0 Å². The molecule has 3 atom stereocenters. The normalized spacial score (nSPS) is 24.2.